The number of nitrogens with one attached hydrogen (secondary N) is 1. The molecule has 0 unspecified atom stereocenters. The maximum absolute atomic E-state index is 8.82. The molecule has 0 aromatic carbocycles. The minimum Gasteiger partial charge on any atom is -0.395 e. The summed E-state index contributed by atoms with van der Waals surface area (Å²) in [7, 11) is 0. The van der Waals surface area contributed by atoms with E-state index in [1.54, 1.807) is 6.33 Å². The van der Waals surface area contributed by atoms with Gasteiger partial charge in [0.15, 0.2) is 0 Å². The molecular weight excluding hydrogens is 166 g/mol. The van der Waals surface area contributed by atoms with Crippen molar-refractivity contribution in [2.45, 2.75) is 19.9 Å². The summed E-state index contributed by atoms with van der Waals surface area (Å²) in [4.78, 5) is 9.20. The van der Waals surface area contributed by atoms with E-state index in [0.29, 0.717) is 0 Å². The Morgan fingerprint density at radius 1 is 1.54 bits per heavy atom. The molecule has 0 fully saturated rings. The van der Waals surface area contributed by atoms with Crippen LogP contribution in [-0.4, -0.2) is 39.7 Å². The number of rotatable bonds is 6. The molecular formula is C9H17N3O. The van der Waals surface area contributed by atoms with Gasteiger partial charge in [0.2, 0.25) is 0 Å². The van der Waals surface area contributed by atoms with E-state index in [1.165, 1.54) is 0 Å². The number of aliphatic hydroxyl groups excluding tert-OH is 1. The molecule has 1 aromatic rings. The monoisotopic (exact) mass is 183 g/mol. The lowest BCUT2D eigenvalue weighted by Gasteiger charge is -2.19. The smallest absolute Gasteiger partial charge is 0.0922 e. The highest BCUT2D eigenvalue weighted by molar-refractivity contribution is 4.93. The molecule has 4 heteroatoms. The first-order valence-electron chi connectivity index (χ1n) is 4.67. The summed E-state index contributed by atoms with van der Waals surface area (Å²) in [6.45, 7) is 4.94. The van der Waals surface area contributed by atoms with Crippen LogP contribution in [0.5, 0.6) is 0 Å². The Hall–Kier alpha value is -0.870. The molecule has 13 heavy (non-hydrogen) atoms. The van der Waals surface area contributed by atoms with E-state index in [9.17, 15) is 0 Å². The van der Waals surface area contributed by atoms with Crippen LogP contribution in [0.2, 0.25) is 0 Å². The van der Waals surface area contributed by atoms with Gasteiger partial charge in [-0.15, -0.1) is 0 Å². The highest BCUT2D eigenvalue weighted by Gasteiger charge is 2.04. The predicted molar refractivity (Wildman–Crippen MR) is 51.2 cm³/mol. The van der Waals surface area contributed by atoms with E-state index in [1.807, 2.05) is 6.20 Å². The fraction of sp³-hybridized carbons (Fsp3) is 0.667. The lowest BCUT2D eigenvalue weighted by Crippen LogP contribution is -2.27. The summed E-state index contributed by atoms with van der Waals surface area (Å²) >= 11 is 0. The molecule has 0 radical (unpaired) electrons. The lowest BCUT2D eigenvalue weighted by molar-refractivity contribution is 0.189. The van der Waals surface area contributed by atoms with Crippen molar-refractivity contribution in [2.24, 2.45) is 0 Å². The third-order valence-electron chi connectivity index (χ3n) is 1.90. The van der Waals surface area contributed by atoms with Crippen LogP contribution < -0.4 is 0 Å². The Bertz CT molecular complexity index is 205. The maximum atomic E-state index is 8.82. The topological polar surface area (TPSA) is 52.1 Å². The number of imidazole rings is 1. The minimum absolute atomic E-state index is 0.216. The molecule has 0 atom stereocenters. The summed E-state index contributed by atoms with van der Waals surface area (Å²) in [6, 6.07) is 0. The first kappa shape index (κ1) is 10.2. The normalized spacial score (nSPS) is 11.0. The summed E-state index contributed by atoms with van der Waals surface area (Å²) in [5.41, 5.74) is 1.10. The number of hydrogen-bond acceptors (Lipinski definition) is 3. The second kappa shape index (κ2) is 5.72. The van der Waals surface area contributed by atoms with Gasteiger partial charge in [-0.05, 0) is 13.0 Å². The van der Waals surface area contributed by atoms with Crippen LogP contribution in [0.4, 0.5) is 0 Å². The Morgan fingerprint density at radius 2 is 2.38 bits per heavy atom. The molecule has 0 aliphatic heterocycles. The van der Waals surface area contributed by atoms with Crippen LogP contribution in [-0.2, 0) is 6.54 Å². The van der Waals surface area contributed by atoms with Crippen molar-refractivity contribution < 1.29 is 5.11 Å². The van der Waals surface area contributed by atoms with Crippen LogP contribution in [0.1, 0.15) is 19.0 Å². The third-order valence-corrected chi connectivity index (χ3v) is 1.90. The van der Waals surface area contributed by atoms with E-state index >= 15 is 0 Å². The zero-order valence-electron chi connectivity index (χ0n) is 8.03. The van der Waals surface area contributed by atoms with Gasteiger partial charge in [-0.25, -0.2) is 4.98 Å². The molecule has 0 saturated carbocycles. The average Bonchev–Trinajstić information content (AvgIpc) is 2.58. The zero-order valence-corrected chi connectivity index (χ0v) is 8.03. The molecule has 1 heterocycles. The van der Waals surface area contributed by atoms with Crippen molar-refractivity contribution in [3.05, 3.63) is 18.2 Å². The van der Waals surface area contributed by atoms with Crippen molar-refractivity contribution in [3.8, 4) is 0 Å². The van der Waals surface area contributed by atoms with Crippen molar-refractivity contribution in [2.75, 3.05) is 19.7 Å². The van der Waals surface area contributed by atoms with Gasteiger partial charge in [0.25, 0.3) is 0 Å². The molecule has 4 nitrogen and oxygen atoms in total. The number of aromatic nitrogens is 2. The molecule has 0 bridgehead atoms. The van der Waals surface area contributed by atoms with Gasteiger partial charge in [0.1, 0.15) is 0 Å². The fourth-order valence-electron chi connectivity index (χ4n) is 1.34. The van der Waals surface area contributed by atoms with Crippen LogP contribution in [0, 0.1) is 0 Å². The van der Waals surface area contributed by atoms with Crippen molar-refractivity contribution in [3.63, 3.8) is 0 Å². The van der Waals surface area contributed by atoms with Gasteiger partial charge in [-0.1, -0.05) is 6.92 Å². The lowest BCUT2D eigenvalue weighted by atomic mass is 10.3. The molecule has 1 aromatic heterocycles. The molecule has 0 saturated heterocycles. The second-order valence-corrected chi connectivity index (χ2v) is 3.08. The standard InChI is InChI=1S/C9H17N3O/c1-2-3-12(4-5-13)7-9-6-10-8-11-9/h6,8,13H,2-5,7H2,1H3,(H,10,11). The van der Waals surface area contributed by atoms with E-state index < -0.39 is 0 Å². The van der Waals surface area contributed by atoms with Crippen molar-refractivity contribution >= 4 is 0 Å². The van der Waals surface area contributed by atoms with Gasteiger partial charge >= 0.3 is 0 Å². The Balaban J connectivity index is 2.37. The first-order chi connectivity index (χ1) is 6.36. The molecule has 0 spiro atoms. The van der Waals surface area contributed by atoms with Gasteiger partial charge in [0.05, 0.1) is 12.9 Å². The minimum atomic E-state index is 0.216. The van der Waals surface area contributed by atoms with Crippen LogP contribution >= 0.6 is 0 Å². The number of H-pyrrole nitrogens is 1. The van der Waals surface area contributed by atoms with Gasteiger partial charge in [-0.2, -0.15) is 0 Å². The average molecular weight is 183 g/mol. The largest absolute Gasteiger partial charge is 0.395 e. The SMILES string of the molecule is CCCN(CCO)Cc1cnc[nH]1. The molecule has 74 valence electrons. The van der Waals surface area contributed by atoms with Crippen molar-refractivity contribution in [1.82, 2.24) is 14.9 Å². The Morgan fingerprint density at radius 3 is 2.92 bits per heavy atom. The summed E-state index contributed by atoms with van der Waals surface area (Å²) < 4.78 is 0. The highest BCUT2D eigenvalue weighted by Crippen LogP contribution is 2.00. The summed E-state index contributed by atoms with van der Waals surface area (Å²) in [6.07, 6.45) is 4.60. The van der Waals surface area contributed by atoms with Gasteiger partial charge < -0.3 is 10.1 Å². The zero-order chi connectivity index (χ0) is 9.52. The van der Waals surface area contributed by atoms with E-state index in [4.69, 9.17) is 5.11 Å². The third kappa shape index (κ3) is 3.57. The van der Waals surface area contributed by atoms with Crippen LogP contribution in [0.15, 0.2) is 12.5 Å². The van der Waals surface area contributed by atoms with E-state index in [0.717, 1.165) is 31.7 Å². The quantitative estimate of drug-likeness (QED) is 0.679. The molecule has 0 amide bonds. The number of aromatic amines is 1. The number of aliphatic hydroxyl groups is 1. The Kier molecular flexibility index (Phi) is 4.49. The fourth-order valence-corrected chi connectivity index (χ4v) is 1.34. The van der Waals surface area contributed by atoms with Gasteiger partial charge in [0, 0.05) is 25.0 Å². The van der Waals surface area contributed by atoms with E-state index in [2.05, 4.69) is 21.8 Å². The first-order valence-corrected chi connectivity index (χ1v) is 4.67. The van der Waals surface area contributed by atoms with E-state index in [-0.39, 0.29) is 6.61 Å². The second-order valence-electron chi connectivity index (χ2n) is 3.08. The summed E-state index contributed by atoms with van der Waals surface area (Å²) in [5, 5.41) is 8.82. The number of nitrogens with zero attached hydrogens (tertiary/aromatic N) is 2. The van der Waals surface area contributed by atoms with Gasteiger partial charge in [-0.3, -0.25) is 4.90 Å². The maximum Gasteiger partial charge on any atom is 0.0922 e. The highest BCUT2D eigenvalue weighted by atomic mass is 16.3. The number of hydrogen-bond donors (Lipinski definition) is 2. The van der Waals surface area contributed by atoms with Crippen LogP contribution in [0.3, 0.4) is 0 Å². The predicted octanol–water partition coefficient (Wildman–Crippen LogP) is 0.614. The molecule has 1 rings (SSSR count). The molecule has 0 aliphatic rings. The molecule has 2 N–H and O–H groups in total. The Labute approximate surface area is 78.6 Å². The summed E-state index contributed by atoms with van der Waals surface area (Å²) in [5.74, 6) is 0. The molecule has 0 aliphatic carbocycles. The van der Waals surface area contributed by atoms with Crippen LogP contribution in [0.25, 0.3) is 0 Å². The van der Waals surface area contributed by atoms with Crippen molar-refractivity contribution in [1.29, 1.82) is 0 Å².